The number of nitrogen functional groups attached to an aromatic ring is 1. The molecule has 76 valence electrons. The molecule has 14 heavy (non-hydrogen) atoms. The number of nitrogens with two attached hydrogens (primary N) is 1. The Morgan fingerprint density at radius 3 is 2.93 bits per heavy atom. The molecule has 2 rings (SSSR count). The van der Waals surface area contributed by atoms with Crippen molar-refractivity contribution in [3.63, 3.8) is 0 Å². The van der Waals surface area contributed by atoms with Gasteiger partial charge in [-0.05, 0) is 36.6 Å². The van der Waals surface area contributed by atoms with E-state index in [1.54, 1.807) is 0 Å². The molecule has 0 atom stereocenters. The Labute approximate surface area is 85.7 Å². The van der Waals surface area contributed by atoms with Gasteiger partial charge in [0.2, 0.25) is 0 Å². The summed E-state index contributed by atoms with van der Waals surface area (Å²) in [5, 5.41) is 0. The maximum atomic E-state index is 6.07. The van der Waals surface area contributed by atoms with E-state index in [9.17, 15) is 0 Å². The Morgan fingerprint density at radius 2 is 2.21 bits per heavy atom. The van der Waals surface area contributed by atoms with Gasteiger partial charge in [0.25, 0.3) is 0 Å². The fourth-order valence-corrected chi connectivity index (χ4v) is 2.13. The van der Waals surface area contributed by atoms with Crippen LogP contribution in [-0.4, -0.2) is 18.0 Å². The average Bonchev–Trinajstić information content (AvgIpc) is 2.23. The molecule has 0 saturated heterocycles. The monoisotopic (exact) mass is 190 g/mol. The molecule has 1 heterocycles. The quantitative estimate of drug-likeness (QED) is 0.686. The highest BCUT2D eigenvalue weighted by Gasteiger charge is 2.17. The smallest absolute Gasteiger partial charge is 0.0380 e. The zero-order valence-corrected chi connectivity index (χ0v) is 9.01. The van der Waals surface area contributed by atoms with Gasteiger partial charge in [0.05, 0.1) is 0 Å². The van der Waals surface area contributed by atoms with E-state index in [-0.39, 0.29) is 0 Å². The number of aryl methyl sites for hydroxylation is 1. The third-order valence-corrected chi connectivity index (χ3v) is 3.19. The van der Waals surface area contributed by atoms with Gasteiger partial charge in [-0.25, -0.2) is 0 Å². The second-order valence-corrected chi connectivity index (χ2v) is 4.05. The molecule has 1 aliphatic heterocycles. The highest BCUT2D eigenvalue weighted by molar-refractivity contribution is 5.57. The van der Waals surface area contributed by atoms with Crippen molar-refractivity contribution < 1.29 is 0 Å². The van der Waals surface area contributed by atoms with Crippen molar-refractivity contribution in [2.45, 2.75) is 26.8 Å². The summed E-state index contributed by atoms with van der Waals surface area (Å²) in [6, 6.07) is 4.36. The molecule has 0 aliphatic carbocycles. The molecule has 0 fully saturated rings. The molecule has 0 saturated carbocycles. The molecule has 0 aromatic heterocycles. The molecule has 2 heteroatoms. The van der Waals surface area contributed by atoms with Gasteiger partial charge in [0, 0.05) is 18.8 Å². The predicted octanol–water partition coefficient (Wildman–Crippen LogP) is 1.96. The first-order valence-corrected chi connectivity index (χ1v) is 5.31. The van der Waals surface area contributed by atoms with Crippen LogP contribution in [0.15, 0.2) is 12.1 Å². The highest BCUT2D eigenvalue weighted by atomic mass is 15.1. The first kappa shape index (κ1) is 9.53. The number of rotatable bonds is 1. The molecule has 1 aliphatic rings. The van der Waals surface area contributed by atoms with E-state index in [0.29, 0.717) is 0 Å². The van der Waals surface area contributed by atoms with Gasteiger partial charge < -0.3 is 5.73 Å². The second kappa shape index (κ2) is 3.62. The first-order valence-electron chi connectivity index (χ1n) is 5.31. The van der Waals surface area contributed by atoms with Crippen LogP contribution in [0, 0.1) is 6.92 Å². The molecule has 2 N–H and O–H groups in total. The normalized spacial score (nSPS) is 16.7. The summed E-state index contributed by atoms with van der Waals surface area (Å²) in [5.41, 5.74) is 11.1. The Balaban J connectivity index is 2.36. The summed E-state index contributed by atoms with van der Waals surface area (Å²) >= 11 is 0. The molecular formula is C12H18N2. The zero-order chi connectivity index (χ0) is 10.1. The standard InChI is InChI=1S/C12H18N2/c1-3-14-7-6-11-10(8-14)5-4-9(2)12(11)13/h4-5H,3,6-8,13H2,1-2H3. The topological polar surface area (TPSA) is 29.3 Å². The summed E-state index contributed by atoms with van der Waals surface area (Å²) in [4.78, 5) is 2.46. The van der Waals surface area contributed by atoms with Crippen LogP contribution in [0.1, 0.15) is 23.6 Å². The Hall–Kier alpha value is -1.02. The molecule has 1 aromatic carbocycles. The molecule has 0 unspecified atom stereocenters. The van der Waals surface area contributed by atoms with E-state index < -0.39 is 0 Å². The van der Waals surface area contributed by atoms with Crippen LogP contribution < -0.4 is 5.73 Å². The van der Waals surface area contributed by atoms with Crippen LogP contribution in [0.25, 0.3) is 0 Å². The van der Waals surface area contributed by atoms with Crippen LogP contribution in [0.5, 0.6) is 0 Å². The zero-order valence-electron chi connectivity index (χ0n) is 9.01. The lowest BCUT2D eigenvalue weighted by Crippen LogP contribution is -2.30. The minimum atomic E-state index is 1.01. The molecule has 0 amide bonds. The van der Waals surface area contributed by atoms with Gasteiger partial charge in [-0.3, -0.25) is 4.90 Å². The van der Waals surface area contributed by atoms with E-state index in [0.717, 1.165) is 31.7 Å². The maximum Gasteiger partial charge on any atom is 0.0380 e. The van der Waals surface area contributed by atoms with E-state index in [4.69, 9.17) is 5.73 Å². The lowest BCUT2D eigenvalue weighted by atomic mass is 9.95. The number of hydrogen-bond acceptors (Lipinski definition) is 2. The van der Waals surface area contributed by atoms with Gasteiger partial charge >= 0.3 is 0 Å². The summed E-state index contributed by atoms with van der Waals surface area (Å²) < 4.78 is 0. The van der Waals surface area contributed by atoms with Crippen molar-refractivity contribution in [3.8, 4) is 0 Å². The Morgan fingerprint density at radius 1 is 1.43 bits per heavy atom. The number of nitrogens with zero attached hydrogens (tertiary/aromatic N) is 1. The van der Waals surface area contributed by atoms with Gasteiger partial charge in [-0.1, -0.05) is 19.1 Å². The number of hydrogen-bond donors (Lipinski definition) is 1. The summed E-state index contributed by atoms with van der Waals surface area (Å²) in [7, 11) is 0. The lowest BCUT2D eigenvalue weighted by molar-refractivity contribution is 0.268. The van der Waals surface area contributed by atoms with Crippen LogP contribution in [0.3, 0.4) is 0 Å². The highest BCUT2D eigenvalue weighted by Crippen LogP contribution is 2.26. The van der Waals surface area contributed by atoms with E-state index in [1.165, 1.54) is 16.7 Å². The number of anilines is 1. The van der Waals surface area contributed by atoms with Gasteiger partial charge in [0.1, 0.15) is 0 Å². The average molecular weight is 190 g/mol. The number of fused-ring (bicyclic) bond motifs is 1. The van der Waals surface area contributed by atoms with Gasteiger partial charge in [0.15, 0.2) is 0 Å². The van der Waals surface area contributed by atoms with Crippen molar-refractivity contribution in [1.82, 2.24) is 4.90 Å². The van der Waals surface area contributed by atoms with Crippen molar-refractivity contribution in [2.24, 2.45) is 0 Å². The second-order valence-electron chi connectivity index (χ2n) is 4.05. The van der Waals surface area contributed by atoms with E-state index >= 15 is 0 Å². The van der Waals surface area contributed by atoms with Crippen LogP contribution >= 0.6 is 0 Å². The Bertz CT molecular complexity index is 344. The third-order valence-electron chi connectivity index (χ3n) is 3.19. The fourth-order valence-electron chi connectivity index (χ4n) is 2.13. The van der Waals surface area contributed by atoms with E-state index in [2.05, 4.69) is 30.9 Å². The van der Waals surface area contributed by atoms with Crippen molar-refractivity contribution in [1.29, 1.82) is 0 Å². The third kappa shape index (κ3) is 1.50. The molecule has 0 radical (unpaired) electrons. The molecule has 2 nitrogen and oxygen atoms in total. The first-order chi connectivity index (χ1) is 6.72. The predicted molar refractivity (Wildman–Crippen MR) is 60.2 cm³/mol. The Kier molecular flexibility index (Phi) is 2.46. The largest absolute Gasteiger partial charge is 0.398 e. The minimum Gasteiger partial charge on any atom is -0.398 e. The SMILES string of the molecule is CCN1CCc2c(ccc(C)c2N)C1. The summed E-state index contributed by atoms with van der Waals surface area (Å²) in [6.07, 6.45) is 1.11. The maximum absolute atomic E-state index is 6.07. The molecular weight excluding hydrogens is 172 g/mol. The summed E-state index contributed by atoms with van der Waals surface area (Å²) in [5.74, 6) is 0. The summed E-state index contributed by atoms with van der Waals surface area (Å²) in [6.45, 7) is 7.64. The minimum absolute atomic E-state index is 1.01. The lowest BCUT2D eigenvalue weighted by Gasteiger charge is -2.28. The molecule has 1 aromatic rings. The molecule has 0 bridgehead atoms. The van der Waals surface area contributed by atoms with Crippen LogP contribution in [0.4, 0.5) is 5.69 Å². The number of benzene rings is 1. The van der Waals surface area contributed by atoms with Crippen molar-refractivity contribution >= 4 is 5.69 Å². The van der Waals surface area contributed by atoms with Gasteiger partial charge in [-0.15, -0.1) is 0 Å². The van der Waals surface area contributed by atoms with Crippen molar-refractivity contribution in [2.75, 3.05) is 18.8 Å². The van der Waals surface area contributed by atoms with E-state index in [1.807, 2.05) is 0 Å². The van der Waals surface area contributed by atoms with Gasteiger partial charge in [-0.2, -0.15) is 0 Å². The van der Waals surface area contributed by atoms with Crippen LogP contribution in [0.2, 0.25) is 0 Å². The molecule has 0 spiro atoms. The fraction of sp³-hybridized carbons (Fsp3) is 0.500. The number of likely N-dealkylation sites (N-methyl/N-ethyl adjacent to an activating group) is 1. The van der Waals surface area contributed by atoms with Crippen LogP contribution in [-0.2, 0) is 13.0 Å². The van der Waals surface area contributed by atoms with Crippen molar-refractivity contribution in [3.05, 3.63) is 28.8 Å².